The first-order chi connectivity index (χ1) is 10.6. The molecule has 2 aromatic heterocycles. The van der Waals surface area contributed by atoms with Gasteiger partial charge in [-0.2, -0.15) is 10.2 Å². The van der Waals surface area contributed by atoms with Crippen LogP contribution in [0, 0.1) is 0 Å². The van der Waals surface area contributed by atoms with Crippen molar-refractivity contribution in [2.24, 2.45) is 7.05 Å². The van der Waals surface area contributed by atoms with Crippen LogP contribution in [0.5, 0.6) is 0 Å². The molecule has 0 saturated carbocycles. The van der Waals surface area contributed by atoms with Crippen LogP contribution >= 0.6 is 11.6 Å². The third-order valence-electron chi connectivity index (χ3n) is 3.20. The number of nitrogens with zero attached hydrogens (tertiary/aromatic N) is 4. The Bertz CT molecular complexity index is 775. The van der Waals surface area contributed by atoms with Gasteiger partial charge in [-0.1, -0.05) is 23.7 Å². The van der Waals surface area contributed by atoms with Gasteiger partial charge in [-0.3, -0.25) is 14.2 Å². The molecule has 0 atom stereocenters. The van der Waals surface area contributed by atoms with Gasteiger partial charge in [0.25, 0.3) is 5.91 Å². The second-order valence-electron chi connectivity index (χ2n) is 4.82. The number of rotatable bonds is 4. The molecule has 3 aromatic rings. The summed E-state index contributed by atoms with van der Waals surface area (Å²) in [4.78, 5) is 12.3. The van der Waals surface area contributed by atoms with E-state index < -0.39 is 0 Å². The molecule has 1 N–H and O–H groups in total. The second kappa shape index (κ2) is 6.03. The number of aromatic nitrogens is 4. The number of benzene rings is 1. The van der Waals surface area contributed by atoms with E-state index in [1.807, 2.05) is 41.2 Å². The summed E-state index contributed by atoms with van der Waals surface area (Å²) in [5.74, 6) is -0.291. The number of hydrogen-bond acceptors (Lipinski definition) is 3. The SMILES string of the molecule is Cn1ncc(Cl)c1C(=O)Nc1cccc(Cn2cccn2)c1. The summed E-state index contributed by atoms with van der Waals surface area (Å²) in [5.41, 5.74) is 2.07. The van der Waals surface area contributed by atoms with Crippen molar-refractivity contribution in [3.05, 3.63) is 65.2 Å². The number of anilines is 1. The molecule has 0 fully saturated rings. The van der Waals surface area contributed by atoms with E-state index in [4.69, 9.17) is 11.6 Å². The lowest BCUT2D eigenvalue weighted by Crippen LogP contribution is -2.16. The molecule has 3 rings (SSSR count). The minimum Gasteiger partial charge on any atom is -0.321 e. The molecule has 1 amide bonds. The molecule has 2 heterocycles. The van der Waals surface area contributed by atoms with Crippen molar-refractivity contribution in [3.8, 4) is 0 Å². The number of carbonyl (C=O) groups is 1. The largest absolute Gasteiger partial charge is 0.321 e. The van der Waals surface area contributed by atoms with E-state index in [-0.39, 0.29) is 5.91 Å². The van der Waals surface area contributed by atoms with Gasteiger partial charge in [0.1, 0.15) is 5.69 Å². The van der Waals surface area contributed by atoms with Gasteiger partial charge >= 0.3 is 0 Å². The summed E-state index contributed by atoms with van der Waals surface area (Å²) in [6.07, 6.45) is 5.07. The van der Waals surface area contributed by atoms with Crippen LogP contribution in [-0.4, -0.2) is 25.5 Å². The van der Waals surface area contributed by atoms with Crippen LogP contribution in [0.3, 0.4) is 0 Å². The molecule has 0 spiro atoms. The maximum atomic E-state index is 12.3. The van der Waals surface area contributed by atoms with Crippen molar-refractivity contribution in [2.75, 3.05) is 5.32 Å². The Morgan fingerprint density at radius 1 is 1.32 bits per heavy atom. The molecule has 0 unspecified atom stereocenters. The van der Waals surface area contributed by atoms with E-state index in [9.17, 15) is 4.79 Å². The van der Waals surface area contributed by atoms with Crippen LogP contribution in [0.1, 0.15) is 16.1 Å². The lowest BCUT2D eigenvalue weighted by Gasteiger charge is -2.08. The molecule has 112 valence electrons. The van der Waals surface area contributed by atoms with Gasteiger partial charge in [0.05, 0.1) is 17.8 Å². The normalized spacial score (nSPS) is 10.6. The number of nitrogens with one attached hydrogen (secondary N) is 1. The van der Waals surface area contributed by atoms with Crippen molar-refractivity contribution < 1.29 is 4.79 Å². The van der Waals surface area contributed by atoms with Crippen molar-refractivity contribution in [1.82, 2.24) is 19.6 Å². The van der Waals surface area contributed by atoms with Crippen molar-refractivity contribution >= 4 is 23.2 Å². The Balaban J connectivity index is 1.77. The number of halogens is 1. The van der Waals surface area contributed by atoms with E-state index in [2.05, 4.69) is 15.5 Å². The van der Waals surface area contributed by atoms with Gasteiger partial charge in [0, 0.05) is 25.1 Å². The second-order valence-corrected chi connectivity index (χ2v) is 5.23. The van der Waals surface area contributed by atoms with Crippen LogP contribution < -0.4 is 5.32 Å². The minimum absolute atomic E-state index is 0.291. The highest BCUT2D eigenvalue weighted by Crippen LogP contribution is 2.17. The number of aryl methyl sites for hydroxylation is 1. The first-order valence-electron chi connectivity index (χ1n) is 6.69. The summed E-state index contributed by atoms with van der Waals surface area (Å²) >= 11 is 5.98. The maximum Gasteiger partial charge on any atom is 0.275 e. The summed E-state index contributed by atoms with van der Waals surface area (Å²) < 4.78 is 3.27. The standard InChI is InChI=1S/C15H14ClN5O/c1-20-14(13(16)9-18-20)15(22)19-12-5-2-4-11(8-12)10-21-7-3-6-17-21/h2-9H,10H2,1H3,(H,19,22). The zero-order valence-electron chi connectivity index (χ0n) is 11.9. The van der Waals surface area contributed by atoms with Gasteiger partial charge in [-0.25, -0.2) is 0 Å². The predicted molar refractivity (Wildman–Crippen MR) is 83.9 cm³/mol. The van der Waals surface area contributed by atoms with E-state index in [1.54, 1.807) is 13.2 Å². The Morgan fingerprint density at radius 2 is 2.18 bits per heavy atom. The Labute approximate surface area is 132 Å². The molecule has 7 heteroatoms. The van der Waals surface area contributed by atoms with Gasteiger partial charge in [0.15, 0.2) is 0 Å². The van der Waals surface area contributed by atoms with Crippen LogP contribution in [0.15, 0.2) is 48.9 Å². The van der Waals surface area contributed by atoms with Crippen LogP contribution in [0.4, 0.5) is 5.69 Å². The van der Waals surface area contributed by atoms with Crippen LogP contribution in [0.2, 0.25) is 5.02 Å². The molecule has 1 aromatic carbocycles. The lowest BCUT2D eigenvalue weighted by molar-refractivity contribution is 0.101. The Morgan fingerprint density at radius 3 is 2.86 bits per heavy atom. The smallest absolute Gasteiger partial charge is 0.275 e. The first kappa shape index (κ1) is 14.3. The monoisotopic (exact) mass is 315 g/mol. The van der Waals surface area contributed by atoms with Crippen molar-refractivity contribution in [3.63, 3.8) is 0 Å². The fraction of sp³-hybridized carbons (Fsp3) is 0.133. The van der Waals surface area contributed by atoms with E-state index >= 15 is 0 Å². The van der Waals surface area contributed by atoms with Crippen LogP contribution in [-0.2, 0) is 13.6 Å². The third kappa shape index (κ3) is 3.01. The molecule has 0 aliphatic heterocycles. The van der Waals surface area contributed by atoms with Gasteiger partial charge in [-0.05, 0) is 23.8 Å². The summed E-state index contributed by atoms with van der Waals surface area (Å²) in [6, 6.07) is 9.47. The Hall–Kier alpha value is -2.60. The van der Waals surface area contributed by atoms with E-state index in [0.29, 0.717) is 22.9 Å². The summed E-state index contributed by atoms with van der Waals surface area (Å²) in [5, 5.41) is 11.3. The molecular formula is C15H14ClN5O. The maximum absolute atomic E-state index is 12.3. The molecule has 0 radical (unpaired) electrons. The third-order valence-corrected chi connectivity index (χ3v) is 3.47. The van der Waals surface area contributed by atoms with Gasteiger partial charge in [0.2, 0.25) is 0 Å². The zero-order chi connectivity index (χ0) is 15.5. The fourth-order valence-corrected chi connectivity index (χ4v) is 2.44. The molecule has 22 heavy (non-hydrogen) atoms. The van der Waals surface area contributed by atoms with E-state index in [1.165, 1.54) is 10.9 Å². The molecule has 0 bridgehead atoms. The first-order valence-corrected chi connectivity index (χ1v) is 7.06. The zero-order valence-corrected chi connectivity index (χ0v) is 12.7. The highest BCUT2D eigenvalue weighted by Gasteiger charge is 2.15. The average molecular weight is 316 g/mol. The highest BCUT2D eigenvalue weighted by atomic mass is 35.5. The summed E-state index contributed by atoms with van der Waals surface area (Å²) in [7, 11) is 1.68. The molecule has 0 aliphatic rings. The number of amides is 1. The van der Waals surface area contributed by atoms with Crippen LogP contribution in [0.25, 0.3) is 0 Å². The predicted octanol–water partition coefficient (Wildman–Crippen LogP) is 2.57. The van der Waals surface area contributed by atoms with Gasteiger partial charge in [-0.15, -0.1) is 0 Å². The minimum atomic E-state index is -0.291. The molecular weight excluding hydrogens is 302 g/mol. The van der Waals surface area contributed by atoms with Crippen molar-refractivity contribution in [1.29, 1.82) is 0 Å². The molecule has 0 saturated heterocycles. The fourth-order valence-electron chi connectivity index (χ4n) is 2.18. The average Bonchev–Trinajstić information content (AvgIpc) is 3.09. The lowest BCUT2D eigenvalue weighted by atomic mass is 10.2. The van der Waals surface area contributed by atoms with Gasteiger partial charge < -0.3 is 5.32 Å². The Kier molecular flexibility index (Phi) is 3.93. The van der Waals surface area contributed by atoms with Crippen molar-refractivity contribution in [2.45, 2.75) is 6.54 Å². The highest BCUT2D eigenvalue weighted by molar-refractivity contribution is 6.34. The quantitative estimate of drug-likeness (QED) is 0.804. The molecule has 0 aliphatic carbocycles. The topological polar surface area (TPSA) is 64.7 Å². The number of carbonyl (C=O) groups excluding carboxylic acids is 1. The van der Waals surface area contributed by atoms with E-state index in [0.717, 1.165) is 5.56 Å². The summed E-state index contributed by atoms with van der Waals surface area (Å²) in [6.45, 7) is 0.642. The molecule has 6 nitrogen and oxygen atoms in total. The number of hydrogen-bond donors (Lipinski definition) is 1.